The fraction of sp³-hybridized carbons (Fsp3) is 0.647. The Hall–Kier alpha value is -1.09. The van der Waals surface area contributed by atoms with Gasteiger partial charge in [-0.2, -0.15) is 0 Å². The summed E-state index contributed by atoms with van der Waals surface area (Å²) in [6.45, 7) is 9.68. The molecule has 0 bridgehead atoms. The Kier molecular flexibility index (Phi) is 4.69. The molecule has 2 unspecified atom stereocenters. The molecule has 1 aliphatic rings. The van der Waals surface area contributed by atoms with Crippen LogP contribution in [0.25, 0.3) is 0 Å². The minimum Gasteiger partial charge on any atom is -0.487 e. The van der Waals surface area contributed by atoms with Crippen LogP contribution >= 0.6 is 0 Å². The van der Waals surface area contributed by atoms with Crippen LogP contribution in [0, 0.1) is 11.7 Å². The summed E-state index contributed by atoms with van der Waals surface area (Å²) in [5.41, 5.74) is 0.782. The van der Waals surface area contributed by atoms with Crippen LogP contribution in [0.2, 0.25) is 0 Å². The molecule has 112 valence electrons. The first-order valence-corrected chi connectivity index (χ1v) is 7.65. The highest BCUT2D eigenvalue weighted by Crippen LogP contribution is 2.42. The molecule has 0 spiro atoms. The lowest BCUT2D eigenvalue weighted by molar-refractivity contribution is 0.0284. The summed E-state index contributed by atoms with van der Waals surface area (Å²) >= 11 is 0. The lowest BCUT2D eigenvalue weighted by Crippen LogP contribution is -2.43. The number of nitrogens with one attached hydrogen (secondary N) is 1. The van der Waals surface area contributed by atoms with Crippen molar-refractivity contribution in [2.24, 2.45) is 5.92 Å². The molecule has 0 saturated carbocycles. The maximum Gasteiger partial charge on any atom is 0.125 e. The smallest absolute Gasteiger partial charge is 0.125 e. The highest BCUT2D eigenvalue weighted by molar-refractivity contribution is 5.39. The van der Waals surface area contributed by atoms with Crippen LogP contribution in [0.4, 0.5) is 4.39 Å². The summed E-state index contributed by atoms with van der Waals surface area (Å²) in [5.74, 6) is 1.21. The third-order valence-electron chi connectivity index (χ3n) is 3.82. The zero-order valence-corrected chi connectivity index (χ0v) is 13.0. The maximum absolute atomic E-state index is 13.5. The van der Waals surface area contributed by atoms with Gasteiger partial charge in [-0.05, 0) is 50.4 Å². The molecule has 1 aliphatic heterocycles. The first-order valence-electron chi connectivity index (χ1n) is 7.65. The summed E-state index contributed by atoms with van der Waals surface area (Å²) < 4.78 is 19.7. The Balaban J connectivity index is 2.28. The van der Waals surface area contributed by atoms with Crippen LogP contribution in [0.5, 0.6) is 5.75 Å². The molecule has 1 aromatic rings. The lowest BCUT2D eigenvalue weighted by atomic mass is 9.83. The van der Waals surface area contributed by atoms with E-state index in [4.69, 9.17) is 4.74 Å². The fourth-order valence-corrected chi connectivity index (χ4v) is 3.22. The normalized spacial score (nSPS) is 25.4. The van der Waals surface area contributed by atoms with Crippen molar-refractivity contribution in [3.63, 3.8) is 0 Å². The topological polar surface area (TPSA) is 21.3 Å². The van der Waals surface area contributed by atoms with Crippen LogP contribution in [-0.2, 0) is 0 Å². The number of hydrogen-bond acceptors (Lipinski definition) is 2. The standard InChI is InChI=1S/C17H26FNO/c1-5-8-19-15-11-17(4,10-12(2)3)20-16-7-6-13(18)9-14(15)16/h6-7,9,12,15,19H,5,8,10-11H2,1-4H3. The molecule has 3 heteroatoms. The van der Waals surface area contributed by atoms with E-state index in [1.54, 1.807) is 12.1 Å². The third-order valence-corrected chi connectivity index (χ3v) is 3.82. The summed E-state index contributed by atoms with van der Waals surface area (Å²) in [6.07, 6.45) is 2.97. The molecule has 1 aromatic carbocycles. The molecule has 2 rings (SSSR count). The number of benzene rings is 1. The molecule has 2 atom stereocenters. The highest BCUT2D eigenvalue weighted by Gasteiger charge is 2.37. The zero-order chi connectivity index (χ0) is 14.8. The van der Waals surface area contributed by atoms with Crippen molar-refractivity contribution in [3.8, 4) is 5.75 Å². The van der Waals surface area contributed by atoms with Gasteiger partial charge in [0, 0.05) is 18.0 Å². The van der Waals surface area contributed by atoms with Crippen molar-refractivity contribution in [2.45, 2.75) is 58.6 Å². The van der Waals surface area contributed by atoms with E-state index >= 15 is 0 Å². The van der Waals surface area contributed by atoms with E-state index < -0.39 is 0 Å². The fourth-order valence-electron chi connectivity index (χ4n) is 3.22. The van der Waals surface area contributed by atoms with E-state index in [0.29, 0.717) is 5.92 Å². The van der Waals surface area contributed by atoms with Gasteiger partial charge in [0.2, 0.25) is 0 Å². The van der Waals surface area contributed by atoms with Crippen molar-refractivity contribution in [1.82, 2.24) is 5.32 Å². The summed E-state index contributed by atoms with van der Waals surface area (Å²) in [7, 11) is 0. The van der Waals surface area contributed by atoms with E-state index in [9.17, 15) is 4.39 Å². The van der Waals surface area contributed by atoms with Gasteiger partial charge in [0.15, 0.2) is 0 Å². The molecule has 0 radical (unpaired) electrons. The molecule has 0 amide bonds. The van der Waals surface area contributed by atoms with E-state index in [0.717, 1.165) is 37.1 Å². The van der Waals surface area contributed by atoms with Crippen LogP contribution in [-0.4, -0.2) is 12.1 Å². The summed E-state index contributed by atoms with van der Waals surface area (Å²) in [5, 5.41) is 3.54. The molecule has 0 aromatic heterocycles. The second-order valence-electron chi connectivity index (χ2n) is 6.54. The van der Waals surface area contributed by atoms with Gasteiger partial charge in [-0.15, -0.1) is 0 Å². The van der Waals surface area contributed by atoms with Crippen molar-refractivity contribution in [1.29, 1.82) is 0 Å². The SMILES string of the molecule is CCCNC1CC(C)(CC(C)C)Oc2ccc(F)cc21. The van der Waals surface area contributed by atoms with Crippen LogP contribution in [0.15, 0.2) is 18.2 Å². The molecular weight excluding hydrogens is 253 g/mol. The summed E-state index contributed by atoms with van der Waals surface area (Å²) in [6, 6.07) is 5.04. The number of fused-ring (bicyclic) bond motifs is 1. The highest BCUT2D eigenvalue weighted by atomic mass is 19.1. The maximum atomic E-state index is 13.5. The Bertz CT molecular complexity index is 460. The first kappa shape index (κ1) is 15.3. The van der Waals surface area contributed by atoms with E-state index in [2.05, 4.69) is 33.0 Å². The van der Waals surface area contributed by atoms with Crippen molar-refractivity contribution >= 4 is 0 Å². The Morgan fingerprint density at radius 2 is 2.20 bits per heavy atom. The van der Waals surface area contributed by atoms with Crippen LogP contribution in [0.3, 0.4) is 0 Å². The van der Waals surface area contributed by atoms with Gasteiger partial charge in [0.25, 0.3) is 0 Å². The molecule has 0 fully saturated rings. The number of hydrogen-bond donors (Lipinski definition) is 1. The Morgan fingerprint density at radius 1 is 1.45 bits per heavy atom. The van der Waals surface area contributed by atoms with Gasteiger partial charge in [-0.3, -0.25) is 0 Å². The molecular formula is C17H26FNO. The zero-order valence-electron chi connectivity index (χ0n) is 13.0. The second kappa shape index (κ2) is 6.13. The van der Waals surface area contributed by atoms with Crippen LogP contribution < -0.4 is 10.1 Å². The first-order chi connectivity index (χ1) is 9.43. The van der Waals surface area contributed by atoms with Gasteiger partial charge >= 0.3 is 0 Å². The average Bonchev–Trinajstić information content (AvgIpc) is 2.35. The van der Waals surface area contributed by atoms with Crippen molar-refractivity contribution in [2.75, 3.05) is 6.54 Å². The third kappa shape index (κ3) is 3.51. The van der Waals surface area contributed by atoms with Gasteiger partial charge in [-0.25, -0.2) is 4.39 Å². The Morgan fingerprint density at radius 3 is 2.85 bits per heavy atom. The molecule has 1 N–H and O–H groups in total. The molecule has 0 saturated heterocycles. The number of ether oxygens (including phenoxy) is 1. The monoisotopic (exact) mass is 279 g/mol. The largest absolute Gasteiger partial charge is 0.487 e. The quantitative estimate of drug-likeness (QED) is 0.859. The molecule has 2 nitrogen and oxygen atoms in total. The van der Waals surface area contributed by atoms with Crippen molar-refractivity contribution in [3.05, 3.63) is 29.6 Å². The lowest BCUT2D eigenvalue weighted by Gasteiger charge is -2.41. The predicted molar refractivity (Wildman–Crippen MR) is 80.5 cm³/mol. The number of rotatable bonds is 5. The van der Waals surface area contributed by atoms with E-state index in [1.807, 2.05) is 0 Å². The average molecular weight is 279 g/mol. The van der Waals surface area contributed by atoms with E-state index in [1.165, 1.54) is 6.07 Å². The van der Waals surface area contributed by atoms with Crippen molar-refractivity contribution < 1.29 is 9.13 Å². The number of halogens is 1. The van der Waals surface area contributed by atoms with Gasteiger partial charge in [-0.1, -0.05) is 20.8 Å². The molecule has 1 heterocycles. The van der Waals surface area contributed by atoms with E-state index in [-0.39, 0.29) is 17.5 Å². The van der Waals surface area contributed by atoms with Gasteiger partial charge in [0.1, 0.15) is 17.2 Å². The summed E-state index contributed by atoms with van der Waals surface area (Å²) in [4.78, 5) is 0. The minimum atomic E-state index is -0.192. The van der Waals surface area contributed by atoms with Crippen LogP contribution in [0.1, 0.15) is 58.6 Å². The van der Waals surface area contributed by atoms with Gasteiger partial charge < -0.3 is 10.1 Å². The van der Waals surface area contributed by atoms with Gasteiger partial charge in [0.05, 0.1) is 0 Å². The molecule has 20 heavy (non-hydrogen) atoms. The Labute approximate surface area is 121 Å². The molecule has 0 aliphatic carbocycles. The second-order valence-corrected chi connectivity index (χ2v) is 6.54. The minimum absolute atomic E-state index is 0.176. The predicted octanol–water partition coefficient (Wildman–Crippen LogP) is 4.45.